The third kappa shape index (κ3) is 2.75. The summed E-state index contributed by atoms with van der Waals surface area (Å²) in [4.78, 5) is 7.85. The minimum Gasteiger partial charge on any atom is -0.494 e. The third-order valence-corrected chi connectivity index (χ3v) is 4.53. The van der Waals surface area contributed by atoms with E-state index in [0.717, 1.165) is 40.9 Å². The second kappa shape index (κ2) is 5.43. The largest absolute Gasteiger partial charge is 0.494 e. The van der Waals surface area contributed by atoms with Crippen molar-refractivity contribution in [1.82, 2.24) is 4.98 Å². The minimum absolute atomic E-state index is 0.182. The molecule has 0 bridgehead atoms. The molecule has 0 amide bonds. The van der Waals surface area contributed by atoms with E-state index in [1.165, 1.54) is 12.8 Å². The SMILES string of the molecule is CC(=NC1CCC(C)CC1)c1c(O)[nH]c2ccc(N)cc12. The Balaban J connectivity index is 1.95. The molecule has 1 fully saturated rings. The van der Waals surface area contributed by atoms with Crippen molar-refractivity contribution in [2.24, 2.45) is 10.9 Å². The Morgan fingerprint density at radius 1 is 1.29 bits per heavy atom. The fourth-order valence-electron chi connectivity index (χ4n) is 3.27. The number of anilines is 1. The lowest BCUT2D eigenvalue weighted by Gasteiger charge is -2.23. The topological polar surface area (TPSA) is 74.4 Å². The standard InChI is InChI=1S/C17H23N3O/c1-10-3-6-13(7-4-10)19-11(2)16-14-9-12(18)5-8-15(14)20-17(16)21/h5,8-10,13,20-21H,3-4,6-7,18H2,1-2H3. The summed E-state index contributed by atoms with van der Waals surface area (Å²) in [5.41, 5.74) is 9.14. The number of H-pyrrole nitrogens is 1. The van der Waals surface area contributed by atoms with E-state index in [0.29, 0.717) is 11.7 Å². The molecule has 1 saturated carbocycles. The number of hydrogen-bond acceptors (Lipinski definition) is 3. The summed E-state index contributed by atoms with van der Waals surface area (Å²) in [5.74, 6) is 0.999. The number of rotatable bonds is 2. The number of benzene rings is 1. The van der Waals surface area contributed by atoms with Crippen molar-refractivity contribution < 1.29 is 5.11 Å². The first-order valence-corrected chi connectivity index (χ1v) is 7.69. The third-order valence-electron chi connectivity index (χ3n) is 4.53. The molecule has 112 valence electrons. The highest BCUT2D eigenvalue weighted by atomic mass is 16.3. The number of aromatic nitrogens is 1. The van der Waals surface area contributed by atoms with Crippen LogP contribution in [0.25, 0.3) is 10.9 Å². The zero-order chi connectivity index (χ0) is 15.0. The smallest absolute Gasteiger partial charge is 0.198 e. The maximum Gasteiger partial charge on any atom is 0.198 e. The predicted molar refractivity (Wildman–Crippen MR) is 88.0 cm³/mol. The molecule has 1 aromatic carbocycles. The molecule has 21 heavy (non-hydrogen) atoms. The number of nitrogens with two attached hydrogens (primary N) is 1. The van der Waals surface area contributed by atoms with Crippen LogP contribution in [0.4, 0.5) is 5.69 Å². The van der Waals surface area contributed by atoms with Crippen LogP contribution in [0.2, 0.25) is 0 Å². The van der Waals surface area contributed by atoms with Gasteiger partial charge in [-0.1, -0.05) is 6.92 Å². The van der Waals surface area contributed by atoms with E-state index in [4.69, 9.17) is 10.7 Å². The molecular weight excluding hydrogens is 262 g/mol. The monoisotopic (exact) mass is 285 g/mol. The van der Waals surface area contributed by atoms with Crippen molar-refractivity contribution in [1.29, 1.82) is 0 Å². The fourth-order valence-corrected chi connectivity index (χ4v) is 3.27. The number of fused-ring (bicyclic) bond motifs is 1. The van der Waals surface area contributed by atoms with E-state index in [2.05, 4.69) is 11.9 Å². The lowest BCUT2D eigenvalue weighted by Crippen LogP contribution is -2.16. The van der Waals surface area contributed by atoms with Gasteiger partial charge in [-0.2, -0.15) is 0 Å². The molecule has 4 N–H and O–H groups in total. The van der Waals surface area contributed by atoms with Crippen molar-refractivity contribution in [2.45, 2.75) is 45.6 Å². The highest BCUT2D eigenvalue weighted by Gasteiger charge is 2.19. The van der Waals surface area contributed by atoms with Gasteiger partial charge < -0.3 is 15.8 Å². The van der Waals surface area contributed by atoms with Crippen molar-refractivity contribution >= 4 is 22.3 Å². The minimum atomic E-state index is 0.182. The summed E-state index contributed by atoms with van der Waals surface area (Å²) in [7, 11) is 0. The fraction of sp³-hybridized carbons (Fsp3) is 0.471. The summed E-state index contributed by atoms with van der Waals surface area (Å²) >= 11 is 0. The van der Waals surface area contributed by atoms with Crippen LogP contribution in [-0.2, 0) is 0 Å². The number of aromatic hydroxyl groups is 1. The Labute approximate surface area is 125 Å². The summed E-state index contributed by atoms with van der Waals surface area (Å²) in [6.07, 6.45) is 4.77. The van der Waals surface area contributed by atoms with Gasteiger partial charge in [0.2, 0.25) is 0 Å². The molecule has 0 spiro atoms. The number of nitrogens with one attached hydrogen (secondary N) is 1. The Morgan fingerprint density at radius 2 is 2.00 bits per heavy atom. The number of nitrogen functional groups attached to an aromatic ring is 1. The molecule has 4 nitrogen and oxygen atoms in total. The molecule has 1 heterocycles. The van der Waals surface area contributed by atoms with Crippen LogP contribution in [0.15, 0.2) is 23.2 Å². The van der Waals surface area contributed by atoms with Gasteiger partial charge in [-0.15, -0.1) is 0 Å². The molecule has 0 radical (unpaired) electrons. The number of hydrogen-bond donors (Lipinski definition) is 3. The Hall–Kier alpha value is -1.97. The van der Waals surface area contributed by atoms with Crippen LogP contribution >= 0.6 is 0 Å². The molecule has 1 aliphatic carbocycles. The number of aromatic amines is 1. The van der Waals surface area contributed by atoms with Crippen molar-refractivity contribution in [2.75, 3.05) is 5.73 Å². The van der Waals surface area contributed by atoms with E-state index in [-0.39, 0.29) is 5.88 Å². The first kappa shape index (κ1) is 14.0. The average molecular weight is 285 g/mol. The lowest BCUT2D eigenvalue weighted by molar-refractivity contribution is 0.349. The van der Waals surface area contributed by atoms with E-state index < -0.39 is 0 Å². The van der Waals surface area contributed by atoms with Gasteiger partial charge in [0.25, 0.3) is 0 Å². The molecular formula is C17H23N3O. The van der Waals surface area contributed by atoms with Crippen LogP contribution in [0, 0.1) is 5.92 Å². The van der Waals surface area contributed by atoms with E-state index in [1.807, 2.05) is 25.1 Å². The highest BCUT2D eigenvalue weighted by Crippen LogP contribution is 2.31. The zero-order valence-corrected chi connectivity index (χ0v) is 12.7. The van der Waals surface area contributed by atoms with E-state index in [9.17, 15) is 5.11 Å². The molecule has 1 aromatic heterocycles. The van der Waals surface area contributed by atoms with Gasteiger partial charge in [0.05, 0.1) is 11.6 Å². The molecule has 0 saturated heterocycles. The predicted octanol–water partition coefficient (Wildman–Crippen LogP) is 3.84. The number of aliphatic imine (C=N–C) groups is 1. The summed E-state index contributed by atoms with van der Waals surface area (Å²) in [6, 6.07) is 6.00. The van der Waals surface area contributed by atoms with Gasteiger partial charge in [0.1, 0.15) is 0 Å². The normalized spacial score (nSPS) is 23.6. The van der Waals surface area contributed by atoms with Crippen molar-refractivity contribution in [3.05, 3.63) is 23.8 Å². The molecule has 0 unspecified atom stereocenters. The first-order valence-electron chi connectivity index (χ1n) is 7.69. The maximum atomic E-state index is 10.2. The molecule has 4 heteroatoms. The molecule has 3 rings (SSSR count). The summed E-state index contributed by atoms with van der Waals surface area (Å²) in [5, 5.41) is 11.1. The van der Waals surface area contributed by atoms with Crippen LogP contribution < -0.4 is 5.73 Å². The van der Waals surface area contributed by atoms with Gasteiger partial charge in [-0.3, -0.25) is 4.99 Å². The van der Waals surface area contributed by atoms with E-state index in [1.54, 1.807) is 0 Å². The Kier molecular flexibility index (Phi) is 3.62. The maximum absolute atomic E-state index is 10.2. The van der Waals surface area contributed by atoms with Crippen molar-refractivity contribution in [3.8, 4) is 5.88 Å². The van der Waals surface area contributed by atoms with Crippen LogP contribution in [-0.4, -0.2) is 21.8 Å². The van der Waals surface area contributed by atoms with Crippen LogP contribution in [0.1, 0.15) is 45.1 Å². The van der Waals surface area contributed by atoms with Gasteiger partial charge in [0.15, 0.2) is 5.88 Å². The van der Waals surface area contributed by atoms with Crippen molar-refractivity contribution in [3.63, 3.8) is 0 Å². The van der Waals surface area contributed by atoms with Gasteiger partial charge in [-0.25, -0.2) is 0 Å². The molecule has 0 atom stereocenters. The van der Waals surface area contributed by atoms with Gasteiger partial charge in [-0.05, 0) is 56.7 Å². The van der Waals surface area contributed by atoms with Crippen LogP contribution in [0.3, 0.4) is 0 Å². The molecule has 0 aliphatic heterocycles. The summed E-state index contributed by atoms with van der Waals surface area (Å²) < 4.78 is 0. The Morgan fingerprint density at radius 3 is 2.71 bits per heavy atom. The van der Waals surface area contributed by atoms with Gasteiger partial charge in [0, 0.05) is 22.3 Å². The zero-order valence-electron chi connectivity index (χ0n) is 12.7. The average Bonchev–Trinajstić information content (AvgIpc) is 2.76. The quantitative estimate of drug-likeness (QED) is 0.579. The lowest BCUT2D eigenvalue weighted by atomic mass is 9.87. The van der Waals surface area contributed by atoms with Crippen LogP contribution in [0.5, 0.6) is 5.88 Å². The first-order chi connectivity index (χ1) is 10.0. The summed E-state index contributed by atoms with van der Waals surface area (Å²) in [6.45, 7) is 4.28. The second-order valence-corrected chi connectivity index (χ2v) is 6.28. The molecule has 2 aromatic rings. The Bertz CT molecular complexity index is 679. The van der Waals surface area contributed by atoms with E-state index >= 15 is 0 Å². The number of nitrogens with zero attached hydrogens (tertiary/aromatic N) is 1. The highest BCUT2D eigenvalue weighted by molar-refractivity contribution is 6.12. The molecule has 1 aliphatic rings. The second-order valence-electron chi connectivity index (χ2n) is 6.28. The van der Waals surface area contributed by atoms with Gasteiger partial charge >= 0.3 is 0 Å².